The van der Waals surface area contributed by atoms with E-state index in [4.69, 9.17) is 4.74 Å². The third kappa shape index (κ3) is 12.1. The quantitative estimate of drug-likeness (QED) is 0.293. The molecule has 8 heteroatoms. The summed E-state index contributed by atoms with van der Waals surface area (Å²) in [6, 6.07) is -0.717. The van der Waals surface area contributed by atoms with Crippen molar-refractivity contribution in [3.05, 3.63) is 0 Å². The first-order chi connectivity index (χ1) is 10.7. The number of hydrogen-bond acceptors (Lipinski definition) is 5. The highest BCUT2D eigenvalue weighted by Crippen LogP contribution is 2.06. The summed E-state index contributed by atoms with van der Waals surface area (Å²) in [5.41, 5.74) is -0.621. The van der Waals surface area contributed by atoms with Gasteiger partial charge in [0.15, 0.2) is 0 Å². The molecule has 0 radical (unpaired) electrons. The van der Waals surface area contributed by atoms with Crippen LogP contribution in [0.1, 0.15) is 47.0 Å². The Labute approximate surface area is 136 Å². The SMILES string of the molecule is CC(=O)NC(CCCCNC=O)C(=O)NCC(=O)OC(C)(C)C. The van der Waals surface area contributed by atoms with Crippen molar-refractivity contribution in [1.82, 2.24) is 16.0 Å². The fraction of sp³-hybridized carbons (Fsp3) is 0.733. The molecule has 0 saturated heterocycles. The van der Waals surface area contributed by atoms with Crippen LogP contribution in [-0.4, -0.2) is 48.9 Å². The van der Waals surface area contributed by atoms with Crippen LogP contribution in [0.25, 0.3) is 0 Å². The van der Waals surface area contributed by atoms with Gasteiger partial charge in [0.25, 0.3) is 0 Å². The molecular formula is C15H27N3O5. The lowest BCUT2D eigenvalue weighted by atomic mass is 10.1. The van der Waals surface area contributed by atoms with Gasteiger partial charge >= 0.3 is 5.97 Å². The summed E-state index contributed by atoms with van der Waals surface area (Å²) in [6.07, 6.45) is 2.36. The molecule has 0 aromatic heterocycles. The lowest BCUT2D eigenvalue weighted by molar-refractivity contribution is -0.154. The Balaban J connectivity index is 4.31. The molecule has 0 aliphatic rings. The minimum Gasteiger partial charge on any atom is -0.459 e. The van der Waals surface area contributed by atoms with Crippen molar-refractivity contribution in [2.75, 3.05) is 13.1 Å². The van der Waals surface area contributed by atoms with Gasteiger partial charge in [-0.2, -0.15) is 0 Å². The molecule has 23 heavy (non-hydrogen) atoms. The zero-order chi connectivity index (χ0) is 17.9. The average Bonchev–Trinajstić information content (AvgIpc) is 2.41. The van der Waals surface area contributed by atoms with Crippen LogP contribution in [0.15, 0.2) is 0 Å². The van der Waals surface area contributed by atoms with Crippen LogP contribution in [0.4, 0.5) is 0 Å². The first-order valence-corrected chi connectivity index (χ1v) is 7.59. The summed E-state index contributed by atoms with van der Waals surface area (Å²) in [4.78, 5) is 44.9. The zero-order valence-electron chi connectivity index (χ0n) is 14.2. The summed E-state index contributed by atoms with van der Waals surface area (Å²) in [6.45, 7) is 6.79. The highest BCUT2D eigenvalue weighted by atomic mass is 16.6. The largest absolute Gasteiger partial charge is 0.459 e. The predicted octanol–water partition coefficient (Wildman–Crippen LogP) is -0.135. The van der Waals surface area contributed by atoms with Gasteiger partial charge in [0, 0.05) is 13.5 Å². The van der Waals surface area contributed by atoms with Crippen molar-refractivity contribution >= 4 is 24.2 Å². The van der Waals surface area contributed by atoms with E-state index < -0.39 is 23.5 Å². The third-order valence-corrected chi connectivity index (χ3v) is 2.67. The molecule has 1 unspecified atom stereocenters. The smallest absolute Gasteiger partial charge is 0.325 e. The number of rotatable bonds is 10. The van der Waals surface area contributed by atoms with Crippen molar-refractivity contribution in [3.63, 3.8) is 0 Å². The number of ether oxygens (including phenoxy) is 1. The summed E-state index contributed by atoms with van der Waals surface area (Å²) >= 11 is 0. The molecule has 0 rings (SSSR count). The molecule has 132 valence electrons. The Bertz CT molecular complexity index is 418. The number of hydrogen-bond donors (Lipinski definition) is 3. The van der Waals surface area contributed by atoms with Gasteiger partial charge in [-0.25, -0.2) is 0 Å². The minimum atomic E-state index is -0.717. The molecule has 0 saturated carbocycles. The lowest BCUT2D eigenvalue weighted by Crippen LogP contribution is -2.47. The highest BCUT2D eigenvalue weighted by Gasteiger charge is 2.21. The summed E-state index contributed by atoms with van der Waals surface area (Å²) in [5, 5.41) is 7.54. The van der Waals surface area contributed by atoms with Gasteiger partial charge in [-0.15, -0.1) is 0 Å². The van der Waals surface area contributed by atoms with Crippen LogP contribution in [0.3, 0.4) is 0 Å². The van der Waals surface area contributed by atoms with Gasteiger partial charge in [-0.3, -0.25) is 19.2 Å². The summed E-state index contributed by atoms with van der Waals surface area (Å²) in [5.74, 6) is -1.30. The van der Waals surface area contributed by atoms with Crippen LogP contribution < -0.4 is 16.0 Å². The zero-order valence-corrected chi connectivity index (χ0v) is 14.2. The van der Waals surface area contributed by atoms with Gasteiger partial charge in [0.2, 0.25) is 18.2 Å². The molecule has 3 amide bonds. The fourth-order valence-corrected chi connectivity index (χ4v) is 1.81. The Morgan fingerprint density at radius 3 is 2.35 bits per heavy atom. The van der Waals surface area contributed by atoms with Crippen LogP contribution in [0.2, 0.25) is 0 Å². The molecule has 0 fully saturated rings. The molecule has 0 aliphatic heterocycles. The molecule has 8 nitrogen and oxygen atoms in total. The molecular weight excluding hydrogens is 302 g/mol. The maximum atomic E-state index is 12.1. The maximum absolute atomic E-state index is 12.1. The number of amides is 3. The van der Waals surface area contributed by atoms with E-state index in [-0.39, 0.29) is 12.5 Å². The number of carbonyl (C=O) groups is 4. The van der Waals surface area contributed by atoms with Gasteiger partial charge in [0.1, 0.15) is 18.2 Å². The molecule has 0 aromatic carbocycles. The predicted molar refractivity (Wildman–Crippen MR) is 84.4 cm³/mol. The van der Waals surface area contributed by atoms with E-state index in [9.17, 15) is 19.2 Å². The van der Waals surface area contributed by atoms with Crippen LogP contribution in [0, 0.1) is 0 Å². The Morgan fingerprint density at radius 2 is 1.83 bits per heavy atom. The monoisotopic (exact) mass is 329 g/mol. The van der Waals surface area contributed by atoms with E-state index in [0.29, 0.717) is 32.2 Å². The molecule has 0 spiro atoms. The summed E-state index contributed by atoms with van der Waals surface area (Å²) < 4.78 is 5.09. The van der Waals surface area contributed by atoms with E-state index in [0.717, 1.165) is 0 Å². The Kier molecular flexibility index (Phi) is 9.60. The topological polar surface area (TPSA) is 114 Å². The first kappa shape index (κ1) is 20.9. The van der Waals surface area contributed by atoms with E-state index in [2.05, 4.69) is 16.0 Å². The minimum absolute atomic E-state index is 0.251. The third-order valence-electron chi connectivity index (χ3n) is 2.67. The van der Waals surface area contributed by atoms with Gasteiger partial charge in [-0.1, -0.05) is 0 Å². The first-order valence-electron chi connectivity index (χ1n) is 7.59. The molecule has 0 aliphatic carbocycles. The second kappa shape index (κ2) is 10.6. The Hall–Kier alpha value is -2.12. The average molecular weight is 329 g/mol. The molecule has 1 atom stereocenters. The number of carbonyl (C=O) groups excluding carboxylic acids is 4. The maximum Gasteiger partial charge on any atom is 0.325 e. The van der Waals surface area contributed by atoms with Crippen molar-refractivity contribution in [3.8, 4) is 0 Å². The Morgan fingerprint density at radius 1 is 1.17 bits per heavy atom. The van der Waals surface area contributed by atoms with E-state index in [1.807, 2.05) is 0 Å². The van der Waals surface area contributed by atoms with Crippen molar-refractivity contribution < 1.29 is 23.9 Å². The van der Waals surface area contributed by atoms with Gasteiger partial charge in [-0.05, 0) is 40.0 Å². The van der Waals surface area contributed by atoms with E-state index in [1.54, 1.807) is 20.8 Å². The molecule has 0 heterocycles. The van der Waals surface area contributed by atoms with E-state index >= 15 is 0 Å². The van der Waals surface area contributed by atoms with Gasteiger partial charge < -0.3 is 20.7 Å². The number of esters is 1. The number of nitrogens with one attached hydrogen (secondary N) is 3. The highest BCUT2D eigenvalue weighted by molar-refractivity contribution is 5.89. The molecule has 0 bridgehead atoms. The van der Waals surface area contributed by atoms with E-state index in [1.165, 1.54) is 6.92 Å². The van der Waals surface area contributed by atoms with Crippen molar-refractivity contribution in [2.45, 2.75) is 58.6 Å². The second-order valence-electron chi connectivity index (χ2n) is 6.13. The van der Waals surface area contributed by atoms with Crippen LogP contribution in [0.5, 0.6) is 0 Å². The lowest BCUT2D eigenvalue weighted by Gasteiger charge is -2.21. The van der Waals surface area contributed by atoms with Crippen molar-refractivity contribution in [1.29, 1.82) is 0 Å². The molecule has 3 N–H and O–H groups in total. The van der Waals surface area contributed by atoms with Crippen molar-refractivity contribution in [2.24, 2.45) is 0 Å². The normalized spacial score (nSPS) is 12.0. The standard InChI is InChI=1S/C15H27N3O5/c1-11(20)18-12(7-5-6-8-16-10-19)14(22)17-9-13(21)23-15(2,3)4/h10,12H,5-9H2,1-4H3,(H,16,19)(H,17,22)(H,18,20). The second-order valence-corrected chi connectivity index (χ2v) is 6.13. The molecule has 0 aromatic rings. The number of unbranched alkanes of at least 4 members (excludes halogenated alkanes) is 1. The van der Waals surface area contributed by atoms with Crippen LogP contribution >= 0.6 is 0 Å². The fourth-order valence-electron chi connectivity index (χ4n) is 1.81. The van der Waals surface area contributed by atoms with Crippen LogP contribution in [-0.2, 0) is 23.9 Å². The van der Waals surface area contributed by atoms with Gasteiger partial charge in [0.05, 0.1) is 0 Å². The summed E-state index contributed by atoms with van der Waals surface area (Å²) in [7, 11) is 0.